The van der Waals surface area contributed by atoms with Crippen LogP contribution < -0.4 is 5.56 Å². The molecule has 17 heavy (non-hydrogen) atoms. The fourth-order valence-electron chi connectivity index (χ4n) is 1.68. The first-order chi connectivity index (χ1) is 7.97. The van der Waals surface area contributed by atoms with E-state index >= 15 is 0 Å². The number of fused-ring (bicyclic) bond motifs is 1. The third-order valence-electron chi connectivity index (χ3n) is 2.51. The molecule has 0 aliphatic rings. The standard InChI is InChI=1S/C11H13NO3S2/c1-17(14,15)8-2-5-12-6-3-10-9(11(12)13)4-7-16-10/h3-4,6-7H,2,5,8H2,1H3. The zero-order valence-electron chi connectivity index (χ0n) is 9.42. The number of hydrogen-bond acceptors (Lipinski definition) is 4. The molecule has 2 rings (SSSR count). The maximum atomic E-state index is 12.0. The maximum Gasteiger partial charge on any atom is 0.259 e. The Labute approximate surface area is 103 Å². The summed E-state index contributed by atoms with van der Waals surface area (Å²) in [5.74, 6) is 0.112. The summed E-state index contributed by atoms with van der Waals surface area (Å²) >= 11 is 1.53. The minimum absolute atomic E-state index is 0.0442. The number of pyridine rings is 1. The second-order valence-corrected chi connectivity index (χ2v) is 7.20. The topological polar surface area (TPSA) is 56.1 Å². The Bertz CT molecular complexity index is 682. The SMILES string of the molecule is CS(=O)(=O)CCCn1ccc2sccc2c1=O. The molecule has 2 aromatic heterocycles. The zero-order valence-corrected chi connectivity index (χ0v) is 11.1. The number of thiophene rings is 1. The number of sulfone groups is 1. The fraction of sp³-hybridized carbons (Fsp3) is 0.364. The van der Waals surface area contributed by atoms with Crippen molar-refractivity contribution in [2.45, 2.75) is 13.0 Å². The van der Waals surface area contributed by atoms with E-state index in [1.165, 1.54) is 17.6 Å². The van der Waals surface area contributed by atoms with Gasteiger partial charge < -0.3 is 4.57 Å². The van der Waals surface area contributed by atoms with E-state index in [-0.39, 0.29) is 11.3 Å². The molecule has 0 aromatic carbocycles. The molecule has 0 aliphatic heterocycles. The number of aryl methyl sites for hydroxylation is 1. The van der Waals surface area contributed by atoms with E-state index in [0.29, 0.717) is 18.4 Å². The van der Waals surface area contributed by atoms with Crippen molar-refractivity contribution in [3.05, 3.63) is 34.1 Å². The van der Waals surface area contributed by atoms with E-state index in [2.05, 4.69) is 0 Å². The first-order valence-corrected chi connectivity index (χ1v) is 8.16. The highest BCUT2D eigenvalue weighted by atomic mass is 32.2. The van der Waals surface area contributed by atoms with Crippen LogP contribution in [0.5, 0.6) is 0 Å². The summed E-state index contributed by atoms with van der Waals surface area (Å²) in [7, 11) is -2.95. The van der Waals surface area contributed by atoms with Crippen LogP contribution in [0.15, 0.2) is 28.5 Å². The van der Waals surface area contributed by atoms with Crippen molar-refractivity contribution in [1.29, 1.82) is 0 Å². The number of aromatic nitrogens is 1. The largest absolute Gasteiger partial charge is 0.315 e. The Morgan fingerprint density at radius 1 is 1.35 bits per heavy atom. The Kier molecular flexibility index (Phi) is 3.35. The lowest BCUT2D eigenvalue weighted by Gasteiger charge is -2.04. The molecule has 6 heteroatoms. The lowest BCUT2D eigenvalue weighted by molar-refractivity contribution is 0.590. The molecule has 92 valence electrons. The molecule has 0 bridgehead atoms. The van der Waals surface area contributed by atoms with Crippen LogP contribution in [0.1, 0.15) is 6.42 Å². The summed E-state index contributed by atoms with van der Waals surface area (Å²) in [5.41, 5.74) is -0.0442. The molecular weight excluding hydrogens is 258 g/mol. The van der Waals surface area contributed by atoms with Gasteiger partial charge in [0.15, 0.2) is 0 Å². The first kappa shape index (κ1) is 12.3. The molecule has 0 saturated heterocycles. The summed E-state index contributed by atoms with van der Waals surface area (Å²) in [6.07, 6.45) is 3.40. The van der Waals surface area contributed by atoms with Gasteiger partial charge in [-0.3, -0.25) is 4.79 Å². The van der Waals surface area contributed by atoms with Crippen LogP contribution in [-0.2, 0) is 16.4 Å². The summed E-state index contributed by atoms with van der Waals surface area (Å²) in [4.78, 5) is 12.0. The van der Waals surface area contributed by atoms with Gasteiger partial charge in [-0.1, -0.05) is 0 Å². The van der Waals surface area contributed by atoms with E-state index in [1.54, 1.807) is 16.8 Å². The summed E-state index contributed by atoms with van der Waals surface area (Å²) in [5, 5.41) is 2.59. The smallest absolute Gasteiger partial charge is 0.259 e. The molecule has 2 aromatic rings. The van der Waals surface area contributed by atoms with Gasteiger partial charge >= 0.3 is 0 Å². The van der Waals surface area contributed by atoms with Gasteiger partial charge in [-0.2, -0.15) is 0 Å². The predicted octanol–water partition coefficient (Wildman–Crippen LogP) is 1.50. The van der Waals surface area contributed by atoms with Crippen molar-refractivity contribution < 1.29 is 8.42 Å². The van der Waals surface area contributed by atoms with Gasteiger partial charge in [-0.05, 0) is 23.9 Å². The van der Waals surface area contributed by atoms with Crippen LogP contribution in [-0.4, -0.2) is 25.0 Å². The third kappa shape index (κ3) is 2.95. The van der Waals surface area contributed by atoms with Crippen LogP contribution in [0.25, 0.3) is 10.1 Å². The van der Waals surface area contributed by atoms with Crippen molar-refractivity contribution in [2.24, 2.45) is 0 Å². The molecule has 0 fully saturated rings. The summed E-state index contributed by atoms with van der Waals surface area (Å²) in [6, 6.07) is 3.69. The molecular formula is C11H13NO3S2. The van der Waals surface area contributed by atoms with Gasteiger partial charge in [0.25, 0.3) is 5.56 Å². The molecule has 0 spiro atoms. The molecule has 0 atom stereocenters. The van der Waals surface area contributed by atoms with Crippen LogP contribution in [0.3, 0.4) is 0 Å². The Hall–Kier alpha value is -1.14. The molecule has 0 N–H and O–H groups in total. The number of hydrogen-bond donors (Lipinski definition) is 0. The molecule has 0 amide bonds. The fourth-order valence-corrected chi connectivity index (χ4v) is 3.11. The van der Waals surface area contributed by atoms with Crippen molar-refractivity contribution in [1.82, 2.24) is 4.57 Å². The second-order valence-electron chi connectivity index (χ2n) is 4.00. The first-order valence-electron chi connectivity index (χ1n) is 5.22. The highest BCUT2D eigenvalue weighted by Gasteiger charge is 2.05. The lowest BCUT2D eigenvalue weighted by atomic mass is 10.3. The molecule has 0 saturated carbocycles. The number of nitrogens with zero attached hydrogens (tertiary/aromatic N) is 1. The van der Waals surface area contributed by atoms with Gasteiger partial charge in [-0.15, -0.1) is 11.3 Å². The average molecular weight is 271 g/mol. The predicted molar refractivity (Wildman–Crippen MR) is 70.4 cm³/mol. The van der Waals surface area contributed by atoms with Gasteiger partial charge in [0, 0.05) is 23.7 Å². The average Bonchev–Trinajstić information content (AvgIpc) is 2.68. The molecule has 0 aliphatic carbocycles. The number of rotatable bonds is 4. The van der Waals surface area contributed by atoms with E-state index in [1.807, 2.05) is 11.4 Å². The van der Waals surface area contributed by atoms with Crippen LogP contribution in [0.2, 0.25) is 0 Å². The van der Waals surface area contributed by atoms with E-state index < -0.39 is 9.84 Å². The Morgan fingerprint density at radius 3 is 2.82 bits per heavy atom. The highest BCUT2D eigenvalue weighted by Crippen LogP contribution is 2.16. The molecule has 0 unspecified atom stereocenters. The maximum absolute atomic E-state index is 12.0. The van der Waals surface area contributed by atoms with Crippen molar-refractivity contribution >= 4 is 31.3 Å². The van der Waals surface area contributed by atoms with Gasteiger partial charge in [0.2, 0.25) is 0 Å². The van der Waals surface area contributed by atoms with E-state index in [0.717, 1.165) is 4.70 Å². The van der Waals surface area contributed by atoms with Gasteiger partial charge in [0.1, 0.15) is 9.84 Å². The van der Waals surface area contributed by atoms with E-state index in [4.69, 9.17) is 0 Å². The van der Waals surface area contributed by atoms with Crippen LogP contribution in [0.4, 0.5) is 0 Å². The Balaban J connectivity index is 2.19. The third-order valence-corrected chi connectivity index (χ3v) is 4.42. The van der Waals surface area contributed by atoms with Crippen molar-refractivity contribution in [3.8, 4) is 0 Å². The quantitative estimate of drug-likeness (QED) is 0.846. The highest BCUT2D eigenvalue weighted by molar-refractivity contribution is 7.90. The van der Waals surface area contributed by atoms with Gasteiger partial charge in [-0.25, -0.2) is 8.42 Å². The van der Waals surface area contributed by atoms with Crippen LogP contribution >= 0.6 is 11.3 Å². The van der Waals surface area contributed by atoms with Gasteiger partial charge in [0.05, 0.1) is 11.1 Å². The summed E-state index contributed by atoms with van der Waals surface area (Å²) in [6.45, 7) is 0.442. The normalized spacial score (nSPS) is 12.1. The lowest BCUT2D eigenvalue weighted by Crippen LogP contribution is -2.20. The minimum Gasteiger partial charge on any atom is -0.315 e. The second kappa shape index (κ2) is 4.62. The van der Waals surface area contributed by atoms with Crippen LogP contribution in [0, 0.1) is 0 Å². The minimum atomic E-state index is -2.95. The summed E-state index contributed by atoms with van der Waals surface area (Å²) < 4.78 is 24.5. The van der Waals surface area contributed by atoms with Crippen molar-refractivity contribution in [3.63, 3.8) is 0 Å². The zero-order chi connectivity index (χ0) is 12.5. The van der Waals surface area contributed by atoms with E-state index in [9.17, 15) is 13.2 Å². The monoisotopic (exact) mass is 271 g/mol. The molecule has 2 heterocycles. The Morgan fingerprint density at radius 2 is 2.12 bits per heavy atom. The molecule has 4 nitrogen and oxygen atoms in total. The molecule has 0 radical (unpaired) electrons. The van der Waals surface area contributed by atoms with Crippen molar-refractivity contribution in [2.75, 3.05) is 12.0 Å².